The summed E-state index contributed by atoms with van der Waals surface area (Å²) >= 11 is 0. The largest absolute Gasteiger partial charge is 0.462 e. The molecular weight excluding hydrogens is 352 g/mol. The summed E-state index contributed by atoms with van der Waals surface area (Å²) in [5, 5.41) is 33.3. The molecule has 0 aromatic rings. The summed E-state index contributed by atoms with van der Waals surface area (Å²) in [6, 6.07) is 0. The average molecular weight is 382 g/mol. The molecule has 2 fully saturated rings. The molecule has 27 heavy (non-hydrogen) atoms. The van der Waals surface area contributed by atoms with E-state index in [4.69, 9.17) is 9.47 Å². The van der Waals surface area contributed by atoms with E-state index in [1.807, 2.05) is 13.8 Å². The molecule has 7 nitrogen and oxygen atoms in total. The van der Waals surface area contributed by atoms with Crippen LogP contribution in [-0.4, -0.2) is 56.3 Å². The van der Waals surface area contributed by atoms with Crippen molar-refractivity contribution in [3.8, 4) is 0 Å². The van der Waals surface area contributed by atoms with Crippen LogP contribution >= 0.6 is 0 Å². The van der Waals surface area contributed by atoms with Gasteiger partial charge in [-0.3, -0.25) is 9.59 Å². The molecule has 8 unspecified atom stereocenters. The predicted molar refractivity (Wildman–Crippen MR) is 95.3 cm³/mol. The van der Waals surface area contributed by atoms with E-state index in [9.17, 15) is 24.9 Å². The fraction of sp³-hybridized carbons (Fsp3) is 0.800. The lowest BCUT2D eigenvalue weighted by Crippen LogP contribution is -2.60. The molecule has 2 aliphatic carbocycles. The highest BCUT2D eigenvalue weighted by Gasteiger charge is 2.69. The minimum Gasteiger partial charge on any atom is -0.462 e. The van der Waals surface area contributed by atoms with Crippen molar-refractivity contribution in [2.24, 2.45) is 23.7 Å². The summed E-state index contributed by atoms with van der Waals surface area (Å²) in [7, 11) is 0. The molecule has 0 spiro atoms. The number of aliphatic hydroxyl groups is 3. The van der Waals surface area contributed by atoms with Crippen LogP contribution < -0.4 is 0 Å². The lowest BCUT2D eigenvalue weighted by atomic mass is 9.70. The molecule has 0 aromatic carbocycles. The minimum atomic E-state index is -1.82. The fourth-order valence-electron chi connectivity index (χ4n) is 4.99. The number of fused-ring (bicyclic) bond motifs is 3. The van der Waals surface area contributed by atoms with Gasteiger partial charge in [-0.2, -0.15) is 0 Å². The first kappa shape index (κ1) is 20.3. The molecule has 152 valence electrons. The van der Waals surface area contributed by atoms with Crippen LogP contribution in [0.1, 0.15) is 47.5 Å². The first-order valence-corrected chi connectivity index (χ1v) is 9.57. The second-order valence-electron chi connectivity index (χ2n) is 9.23. The number of carbonyl (C=O) groups is 2. The monoisotopic (exact) mass is 382 g/mol. The van der Waals surface area contributed by atoms with Crippen LogP contribution in [0.5, 0.6) is 0 Å². The maximum absolute atomic E-state index is 12.3. The Kier molecular flexibility index (Phi) is 4.73. The van der Waals surface area contributed by atoms with Gasteiger partial charge in [-0.15, -0.1) is 0 Å². The predicted octanol–water partition coefficient (Wildman–Crippen LogP) is 0.945. The van der Waals surface area contributed by atoms with E-state index in [1.165, 1.54) is 26.0 Å². The van der Waals surface area contributed by atoms with Crippen LogP contribution in [0.3, 0.4) is 0 Å². The molecule has 3 aliphatic rings. The van der Waals surface area contributed by atoms with E-state index in [1.54, 1.807) is 6.92 Å². The highest BCUT2D eigenvalue weighted by Crippen LogP contribution is 2.55. The third kappa shape index (κ3) is 3.09. The Hall–Kier alpha value is -1.44. The number of hydrogen-bond acceptors (Lipinski definition) is 7. The van der Waals surface area contributed by atoms with Gasteiger partial charge in [0.2, 0.25) is 0 Å². The van der Waals surface area contributed by atoms with E-state index >= 15 is 0 Å². The van der Waals surface area contributed by atoms with Crippen molar-refractivity contribution >= 4 is 11.9 Å². The van der Waals surface area contributed by atoms with E-state index in [0.717, 1.165) is 0 Å². The van der Waals surface area contributed by atoms with Gasteiger partial charge in [0, 0.05) is 18.8 Å². The molecule has 0 amide bonds. The topological polar surface area (TPSA) is 113 Å². The number of carbonyl (C=O) groups excluding carboxylic acids is 2. The third-order valence-corrected chi connectivity index (χ3v) is 6.44. The smallest absolute Gasteiger partial charge is 0.309 e. The minimum absolute atomic E-state index is 0.0631. The second-order valence-corrected chi connectivity index (χ2v) is 9.23. The molecule has 1 aliphatic heterocycles. The molecule has 0 radical (unpaired) electrons. The summed E-state index contributed by atoms with van der Waals surface area (Å²) in [5.74, 6) is -2.88. The Morgan fingerprint density at radius 3 is 2.52 bits per heavy atom. The Balaban J connectivity index is 2.04. The van der Waals surface area contributed by atoms with Crippen molar-refractivity contribution in [2.45, 2.75) is 76.5 Å². The maximum atomic E-state index is 12.3. The highest BCUT2D eigenvalue weighted by molar-refractivity contribution is 5.76. The standard InChI is InChI=1S/C20H30O7/c1-10(2)8-13(21)26-12-9-19(5,24)20(25)7-6-18(4,23)16(20)15-14(12)11(3)17(22)27-15/h6-7,10-12,14-16,23-25H,8-9H2,1-5H3. The Morgan fingerprint density at radius 1 is 1.30 bits per heavy atom. The van der Waals surface area contributed by atoms with Crippen molar-refractivity contribution in [3.05, 3.63) is 12.2 Å². The van der Waals surface area contributed by atoms with Gasteiger partial charge < -0.3 is 24.8 Å². The summed E-state index contributed by atoms with van der Waals surface area (Å²) < 4.78 is 11.2. The van der Waals surface area contributed by atoms with Crippen molar-refractivity contribution in [2.75, 3.05) is 0 Å². The molecule has 1 heterocycles. The van der Waals surface area contributed by atoms with Crippen molar-refractivity contribution < 1.29 is 34.4 Å². The molecular formula is C20H30O7. The zero-order valence-corrected chi connectivity index (χ0v) is 16.5. The first-order valence-electron chi connectivity index (χ1n) is 9.57. The van der Waals surface area contributed by atoms with Crippen LogP contribution in [0.25, 0.3) is 0 Å². The number of ether oxygens (including phenoxy) is 2. The van der Waals surface area contributed by atoms with Gasteiger partial charge >= 0.3 is 11.9 Å². The summed E-state index contributed by atoms with van der Waals surface area (Å²) in [4.78, 5) is 24.6. The molecule has 1 saturated heterocycles. The van der Waals surface area contributed by atoms with Gasteiger partial charge in [-0.25, -0.2) is 0 Å². The van der Waals surface area contributed by atoms with Gasteiger partial charge in [-0.1, -0.05) is 32.9 Å². The molecule has 8 atom stereocenters. The van der Waals surface area contributed by atoms with Crippen LogP contribution in [0.4, 0.5) is 0 Å². The normalized spacial score (nSPS) is 48.8. The summed E-state index contributed by atoms with van der Waals surface area (Å²) in [6.45, 7) is 8.46. The quantitative estimate of drug-likeness (QED) is 0.492. The lowest BCUT2D eigenvalue weighted by molar-refractivity contribution is -0.191. The number of hydrogen-bond donors (Lipinski definition) is 3. The van der Waals surface area contributed by atoms with Crippen LogP contribution in [0.2, 0.25) is 0 Å². The third-order valence-electron chi connectivity index (χ3n) is 6.44. The van der Waals surface area contributed by atoms with Crippen LogP contribution in [0.15, 0.2) is 12.2 Å². The van der Waals surface area contributed by atoms with E-state index < -0.39 is 58.7 Å². The van der Waals surface area contributed by atoms with E-state index in [0.29, 0.717) is 0 Å². The van der Waals surface area contributed by atoms with Crippen LogP contribution in [0, 0.1) is 23.7 Å². The van der Waals surface area contributed by atoms with E-state index in [-0.39, 0.29) is 18.8 Å². The molecule has 0 bridgehead atoms. The average Bonchev–Trinajstić information content (AvgIpc) is 2.89. The summed E-state index contributed by atoms with van der Waals surface area (Å²) in [5.41, 5.74) is -4.99. The summed E-state index contributed by atoms with van der Waals surface area (Å²) in [6.07, 6.45) is 1.27. The van der Waals surface area contributed by atoms with Gasteiger partial charge in [0.15, 0.2) is 0 Å². The molecule has 1 saturated carbocycles. The number of rotatable bonds is 3. The van der Waals surface area contributed by atoms with Gasteiger partial charge in [-0.05, 0) is 19.8 Å². The second kappa shape index (κ2) is 6.29. The lowest BCUT2D eigenvalue weighted by Gasteiger charge is -2.44. The molecule has 7 heteroatoms. The van der Waals surface area contributed by atoms with Gasteiger partial charge in [0.05, 0.1) is 23.0 Å². The molecule has 0 aromatic heterocycles. The van der Waals surface area contributed by atoms with Crippen LogP contribution in [-0.2, 0) is 19.1 Å². The fourth-order valence-corrected chi connectivity index (χ4v) is 4.99. The SMILES string of the molecule is CC(C)CC(=O)OC1CC(C)(O)C2(O)C=CC(C)(O)C2C2OC(=O)C(C)C12. The Bertz CT molecular complexity index is 665. The Labute approximate surface area is 159 Å². The number of esters is 2. The van der Waals surface area contributed by atoms with Crippen molar-refractivity contribution in [3.63, 3.8) is 0 Å². The first-order chi connectivity index (χ1) is 12.3. The van der Waals surface area contributed by atoms with Crippen molar-refractivity contribution in [1.29, 1.82) is 0 Å². The Morgan fingerprint density at radius 2 is 1.93 bits per heavy atom. The highest BCUT2D eigenvalue weighted by atomic mass is 16.6. The van der Waals surface area contributed by atoms with Crippen molar-refractivity contribution in [1.82, 2.24) is 0 Å². The maximum Gasteiger partial charge on any atom is 0.309 e. The zero-order chi connectivity index (χ0) is 20.4. The van der Waals surface area contributed by atoms with E-state index in [2.05, 4.69) is 0 Å². The van der Waals surface area contributed by atoms with Gasteiger partial charge in [0.1, 0.15) is 17.8 Å². The molecule has 3 N–H and O–H groups in total. The zero-order valence-electron chi connectivity index (χ0n) is 16.5. The molecule has 3 rings (SSSR count). The van der Waals surface area contributed by atoms with Gasteiger partial charge in [0.25, 0.3) is 0 Å².